The molecule has 0 heterocycles. The van der Waals surface area contributed by atoms with Gasteiger partial charge in [-0.25, -0.2) is 0 Å². The van der Waals surface area contributed by atoms with Gasteiger partial charge in [0.25, 0.3) is 0 Å². The fourth-order valence-corrected chi connectivity index (χ4v) is 1.38. The highest BCUT2D eigenvalue weighted by Crippen LogP contribution is 2.09. The summed E-state index contributed by atoms with van der Waals surface area (Å²) < 4.78 is 5.05. The quantitative estimate of drug-likeness (QED) is 0.447. The molecule has 16 heavy (non-hydrogen) atoms. The van der Waals surface area contributed by atoms with E-state index in [1.54, 1.807) is 20.8 Å². The number of carbonyl (C=O) groups is 3. The van der Waals surface area contributed by atoms with Gasteiger partial charge in [0.15, 0.2) is 5.78 Å². The summed E-state index contributed by atoms with van der Waals surface area (Å²) >= 11 is 2.98. The summed E-state index contributed by atoms with van der Waals surface area (Å²) in [7, 11) is 0. The molecule has 92 valence electrons. The lowest BCUT2D eigenvalue weighted by Gasteiger charge is -2.21. The number of rotatable bonds is 6. The summed E-state index contributed by atoms with van der Waals surface area (Å²) in [4.78, 5) is 33.0. The van der Waals surface area contributed by atoms with Gasteiger partial charge in [-0.3, -0.25) is 14.4 Å². The fraction of sp³-hybridized carbons (Fsp3) is 0.700. The SMILES string of the molecule is CC(C)(C)OC(=O)CC(NC=O)C(=O)CBr. The van der Waals surface area contributed by atoms with Crippen LogP contribution in [0.5, 0.6) is 0 Å². The van der Waals surface area contributed by atoms with E-state index in [2.05, 4.69) is 21.2 Å². The molecule has 1 atom stereocenters. The maximum atomic E-state index is 11.4. The van der Waals surface area contributed by atoms with Crippen molar-refractivity contribution in [1.29, 1.82) is 0 Å². The smallest absolute Gasteiger partial charge is 0.308 e. The molecule has 1 amide bonds. The van der Waals surface area contributed by atoms with Gasteiger partial charge < -0.3 is 10.1 Å². The van der Waals surface area contributed by atoms with Crippen molar-refractivity contribution in [3.63, 3.8) is 0 Å². The van der Waals surface area contributed by atoms with Crippen molar-refractivity contribution in [3.05, 3.63) is 0 Å². The lowest BCUT2D eigenvalue weighted by molar-refractivity contribution is -0.156. The van der Waals surface area contributed by atoms with E-state index in [4.69, 9.17) is 4.74 Å². The minimum Gasteiger partial charge on any atom is -0.460 e. The van der Waals surface area contributed by atoms with E-state index in [-0.39, 0.29) is 17.5 Å². The molecule has 0 bridgehead atoms. The molecule has 0 aromatic heterocycles. The largest absolute Gasteiger partial charge is 0.460 e. The first-order chi connectivity index (χ1) is 7.30. The third-order valence-corrected chi connectivity index (χ3v) is 2.13. The number of amides is 1. The van der Waals surface area contributed by atoms with Gasteiger partial charge in [-0.1, -0.05) is 15.9 Å². The first kappa shape index (κ1) is 15.1. The van der Waals surface area contributed by atoms with Gasteiger partial charge in [0.1, 0.15) is 5.60 Å². The number of halogens is 1. The molecule has 0 radical (unpaired) electrons. The van der Waals surface area contributed by atoms with E-state index in [0.29, 0.717) is 6.41 Å². The van der Waals surface area contributed by atoms with Gasteiger partial charge in [-0.05, 0) is 20.8 Å². The van der Waals surface area contributed by atoms with Crippen LogP contribution in [0, 0.1) is 0 Å². The summed E-state index contributed by atoms with van der Waals surface area (Å²) in [6.07, 6.45) is 0.246. The van der Waals surface area contributed by atoms with Crippen LogP contribution < -0.4 is 5.32 Å². The van der Waals surface area contributed by atoms with Crippen LogP contribution in [0.1, 0.15) is 27.2 Å². The minimum absolute atomic E-state index is 0.0846. The Labute approximate surface area is 103 Å². The van der Waals surface area contributed by atoms with Crippen molar-refractivity contribution in [1.82, 2.24) is 5.32 Å². The van der Waals surface area contributed by atoms with E-state index >= 15 is 0 Å². The number of hydrogen-bond donors (Lipinski definition) is 1. The molecule has 0 fully saturated rings. The molecule has 0 saturated carbocycles. The zero-order chi connectivity index (χ0) is 12.8. The number of ketones is 1. The standard InChI is InChI=1S/C10H16BrNO4/c1-10(2,3)16-9(15)4-7(12-6-13)8(14)5-11/h6-7H,4-5H2,1-3H3,(H,12,13). The molecule has 5 nitrogen and oxygen atoms in total. The lowest BCUT2D eigenvalue weighted by atomic mass is 10.1. The van der Waals surface area contributed by atoms with Crippen molar-refractivity contribution in [2.45, 2.75) is 38.8 Å². The number of nitrogens with one attached hydrogen (secondary N) is 1. The molecule has 0 aromatic rings. The van der Waals surface area contributed by atoms with Crippen LogP contribution in [0.2, 0.25) is 0 Å². The van der Waals surface area contributed by atoms with Crippen LogP contribution in [-0.2, 0) is 19.1 Å². The molecule has 0 aromatic carbocycles. The van der Waals surface area contributed by atoms with Crippen LogP contribution in [-0.4, -0.2) is 35.1 Å². The van der Waals surface area contributed by atoms with E-state index in [1.165, 1.54) is 0 Å². The maximum Gasteiger partial charge on any atom is 0.308 e. The Kier molecular flexibility index (Phi) is 6.25. The average Bonchev–Trinajstić information content (AvgIpc) is 2.13. The van der Waals surface area contributed by atoms with Crippen LogP contribution in [0.4, 0.5) is 0 Å². The second-order valence-corrected chi connectivity index (χ2v) is 4.79. The fourth-order valence-electron chi connectivity index (χ4n) is 0.991. The molecule has 1 unspecified atom stereocenters. The first-order valence-corrected chi connectivity index (χ1v) is 5.92. The Morgan fingerprint density at radius 3 is 2.38 bits per heavy atom. The molecule has 6 heteroatoms. The third-order valence-electron chi connectivity index (χ3n) is 1.58. The Bertz CT molecular complexity index is 272. The molecule has 0 spiro atoms. The van der Waals surface area contributed by atoms with Gasteiger partial charge in [-0.15, -0.1) is 0 Å². The molecular weight excluding hydrogens is 278 g/mol. The summed E-state index contributed by atoms with van der Waals surface area (Å²) in [5.74, 6) is -0.779. The second kappa shape index (κ2) is 6.62. The van der Waals surface area contributed by atoms with E-state index in [1.807, 2.05) is 0 Å². The molecule has 0 aliphatic heterocycles. The monoisotopic (exact) mass is 293 g/mol. The molecule has 1 N–H and O–H groups in total. The number of ether oxygens (including phenoxy) is 1. The van der Waals surface area contributed by atoms with Crippen LogP contribution in [0.15, 0.2) is 0 Å². The van der Waals surface area contributed by atoms with Crippen molar-refractivity contribution in [2.75, 3.05) is 5.33 Å². The number of carbonyl (C=O) groups excluding carboxylic acids is 3. The van der Waals surface area contributed by atoms with Crippen LogP contribution in [0.3, 0.4) is 0 Å². The van der Waals surface area contributed by atoms with Crippen molar-refractivity contribution in [2.24, 2.45) is 0 Å². The van der Waals surface area contributed by atoms with Gasteiger partial charge in [0, 0.05) is 0 Å². The highest BCUT2D eigenvalue weighted by molar-refractivity contribution is 9.09. The predicted molar refractivity (Wildman–Crippen MR) is 62.3 cm³/mol. The highest BCUT2D eigenvalue weighted by Gasteiger charge is 2.24. The Morgan fingerprint density at radius 2 is 2.00 bits per heavy atom. The van der Waals surface area contributed by atoms with Gasteiger partial charge in [0.2, 0.25) is 6.41 Å². The predicted octanol–water partition coefficient (Wildman–Crippen LogP) is 0.797. The molecule has 0 aliphatic carbocycles. The minimum atomic E-state index is -0.827. The van der Waals surface area contributed by atoms with E-state index in [0.717, 1.165) is 0 Å². The zero-order valence-corrected chi connectivity index (χ0v) is 11.2. The van der Waals surface area contributed by atoms with Gasteiger partial charge >= 0.3 is 5.97 Å². The van der Waals surface area contributed by atoms with Crippen molar-refractivity contribution in [3.8, 4) is 0 Å². The van der Waals surface area contributed by atoms with Gasteiger partial charge in [-0.2, -0.15) is 0 Å². The number of alkyl halides is 1. The number of hydrogen-bond acceptors (Lipinski definition) is 4. The summed E-state index contributed by atoms with van der Waals surface area (Å²) in [6.45, 7) is 5.21. The Balaban J connectivity index is 4.34. The molecule has 0 saturated heterocycles. The number of esters is 1. The van der Waals surface area contributed by atoms with Crippen molar-refractivity contribution < 1.29 is 19.1 Å². The summed E-state index contributed by atoms with van der Waals surface area (Å²) in [5.41, 5.74) is -0.597. The normalized spacial score (nSPS) is 12.8. The second-order valence-electron chi connectivity index (χ2n) is 4.23. The topological polar surface area (TPSA) is 72.5 Å². The molecule has 0 aliphatic rings. The summed E-state index contributed by atoms with van der Waals surface area (Å²) in [5, 5.41) is 2.37. The third kappa shape index (κ3) is 6.55. The number of Topliss-reactive ketones (excluding diaryl/α,β-unsaturated/α-hetero) is 1. The Hall–Kier alpha value is -0.910. The van der Waals surface area contributed by atoms with E-state index < -0.39 is 17.6 Å². The first-order valence-electron chi connectivity index (χ1n) is 4.80. The lowest BCUT2D eigenvalue weighted by Crippen LogP contribution is -2.40. The average molecular weight is 294 g/mol. The highest BCUT2D eigenvalue weighted by atomic mass is 79.9. The zero-order valence-electron chi connectivity index (χ0n) is 9.58. The van der Waals surface area contributed by atoms with Crippen molar-refractivity contribution >= 4 is 34.1 Å². The molecule has 0 rings (SSSR count). The maximum absolute atomic E-state index is 11.4. The van der Waals surface area contributed by atoms with Gasteiger partial charge in [0.05, 0.1) is 17.8 Å². The molecular formula is C10H16BrNO4. The summed E-state index contributed by atoms with van der Waals surface area (Å²) in [6, 6.07) is -0.827. The Morgan fingerprint density at radius 1 is 1.44 bits per heavy atom. The van der Waals surface area contributed by atoms with Crippen LogP contribution >= 0.6 is 15.9 Å². The van der Waals surface area contributed by atoms with Crippen LogP contribution in [0.25, 0.3) is 0 Å². The van der Waals surface area contributed by atoms with E-state index in [9.17, 15) is 14.4 Å².